The summed E-state index contributed by atoms with van der Waals surface area (Å²) in [5.74, 6) is 2.12. The highest BCUT2D eigenvalue weighted by Crippen LogP contribution is 2.28. The van der Waals surface area contributed by atoms with Gasteiger partial charge in [0.05, 0.1) is 20.8 Å². The summed E-state index contributed by atoms with van der Waals surface area (Å²) in [6, 6.07) is 5.12. The van der Waals surface area contributed by atoms with E-state index in [9.17, 15) is 4.79 Å². The van der Waals surface area contributed by atoms with Gasteiger partial charge >= 0.3 is 0 Å². The van der Waals surface area contributed by atoms with Crippen LogP contribution in [0.4, 0.5) is 5.13 Å². The molecule has 1 heterocycles. The van der Waals surface area contributed by atoms with E-state index in [0.717, 1.165) is 22.9 Å². The van der Waals surface area contributed by atoms with Crippen LogP contribution in [0.1, 0.15) is 30.1 Å². The first-order valence-electron chi connectivity index (χ1n) is 7.63. The monoisotopic (exact) mass is 367 g/mol. The second kappa shape index (κ2) is 9.48. The van der Waals surface area contributed by atoms with E-state index in [0.29, 0.717) is 22.2 Å². The molecule has 0 aliphatic rings. The molecule has 1 aromatic heterocycles. The van der Waals surface area contributed by atoms with E-state index in [1.165, 1.54) is 11.3 Å². The Morgan fingerprint density at radius 1 is 1.25 bits per heavy atom. The van der Waals surface area contributed by atoms with Crippen LogP contribution in [-0.2, 0) is 0 Å². The molecular formula is C16H21N3O3S2. The minimum Gasteiger partial charge on any atom is -0.493 e. The predicted octanol–water partition coefficient (Wildman–Crippen LogP) is 3.74. The van der Waals surface area contributed by atoms with Gasteiger partial charge in [0.1, 0.15) is 0 Å². The third kappa shape index (κ3) is 5.10. The molecule has 0 aliphatic carbocycles. The molecule has 1 N–H and O–H groups in total. The fraction of sp³-hybridized carbons (Fsp3) is 0.438. The molecular weight excluding hydrogens is 346 g/mol. The number of nitrogens with zero attached hydrogens (tertiary/aromatic N) is 2. The number of thioether (sulfide) groups is 1. The number of carbonyl (C=O) groups is 1. The molecule has 2 rings (SSSR count). The Hall–Kier alpha value is -1.80. The number of hydrogen-bond donors (Lipinski definition) is 1. The number of aromatic nitrogens is 2. The number of nitrogens with one attached hydrogen (secondary N) is 1. The van der Waals surface area contributed by atoms with Gasteiger partial charge in [-0.05, 0) is 24.6 Å². The number of carbonyl (C=O) groups excluding carboxylic acids is 1. The van der Waals surface area contributed by atoms with Gasteiger partial charge in [0.2, 0.25) is 5.13 Å². The highest BCUT2D eigenvalue weighted by atomic mass is 32.2. The molecule has 1 aromatic carbocycles. The fourth-order valence-electron chi connectivity index (χ4n) is 1.91. The van der Waals surface area contributed by atoms with Crippen molar-refractivity contribution >= 4 is 34.0 Å². The smallest absolute Gasteiger partial charge is 0.206 e. The summed E-state index contributed by atoms with van der Waals surface area (Å²) in [6.45, 7) is 2.32. The topological polar surface area (TPSA) is 73.3 Å². The normalized spacial score (nSPS) is 10.5. The zero-order valence-electron chi connectivity index (χ0n) is 14.0. The largest absolute Gasteiger partial charge is 0.493 e. The Kier molecular flexibility index (Phi) is 7.33. The van der Waals surface area contributed by atoms with E-state index >= 15 is 0 Å². The summed E-state index contributed by atoms with van der Waals surface area (Å²) in [7, 11) is 3.11. The Bertz CT molecular complexity index is 676. The van der Waals surface area contributed by atoms with Gasteiger partial charge in [0.15, 0.2) is 21.6 Å². The maximum Gasteiger partial charge on any atom is 0.206 e. The third-order valence-corrected chi connectivity index (χ3v) is 5.34. The van der Waals surface area contributed by atoms with Gasteiger partial charge in [-0.15, -0.1) is 10.2 Å². The molecule has 0 atom stereocenters. The highest BCUT2D eigenvalue weighted by Gasteiger charge is 2.12. The van der Waals surface area contributed by atoms with Crippen molar-refractivity contribution in [3.05, 3.63) is 23.8 Å². The molecule has 2 aromatic rings. The van der Waals surface area contributed by atoms with Crippen LogP contribution in [0, 0.1) is 0 Å². The van der Waals surface area contributed by atoms with E-state index in [-0.39, 0.29) is 12.3 Å². The van der Waals surface area contributed by atoms with Crippen LogP contribution in [0.15, 0.2) is 22.5 Å². The van der Waals surface area contributed by atoms with Crippen molar-refractivity contribution < 1.29 is 14.3 Å². The van der Waals surface area contributed by atoms with Crippen LogP contribution in [0.3, 0.4) is 0 Å². The van der Waals surface area contributed by atoms with Gasteiger partial charge in [0, 0.05) is 11.3 Å². The molecule has 8 heteroatoms. The van der Waals surface area contributed by atoms with Crippen molar-refractivity contribution in [3.63, 3.8) is 0 Å². The van der Waals surface area contributed by atoms with Gasteiger partial charge in [-0.1, -0.05) is 36.4 Å². The summed E-state index contributed by atoms with van der Waals surface area (Å²) in [5, 5.41) is 11.9. The number of ketones is 1. The number of ether oxygens (including phenoxy) is 2. The van der Waals surface area contributed by atoms with Crippen LogP contribution in [0.2, 0.25) is 0 Å². The zero-order valence-corrected chi connectivity index (χ0v) is 15.6. The molecule has 6 nitrogen and oxygen atoms in total. The molecule has 0 saturated carbocycles. The lowest BCUT2D eigenvalue weighted by Crippen LogP contribution is -2.14. The number of Topliss-reactive ketones (excluding diaryl/α,β-unsaturated/α-hetero) is 1. The molecule has 0 unspecified atom stereocenters. The maximum absolute atomic E-state index is 12.3. The molecule has 0 amide bonds. The van der Waals surface area contributed by atoms with E-state index in [1.54, 1.807) is 44.2 Å². The first-order valence-corrected chi connectivity index (χ1v) is 9.43. The second-order valence-electron chi connectivity index (χ2n) is 4.92. The number of rotatable bonds is 10. The van der Waals surface area contributed by atoms with E-state index in [1.807, 2.05) is 0 Å². The van der Waals surface area contributed by atoms with Gasteiger partial charge in [-0.25, -0.2) is 0 Å². The Balaban J connectivity index is 1.91. The minimum absolute atomic E-state index is 0.0497. The van der Waals surface area contributed by atoms with Crippen molar-refractivity contribution in [2.24, 2.45) is 0 Å². The average molecular weight is 367 g/mol. The Morgan fingerprint density at radius 3 is 2.75 bits per heavy atom. The molecule has 0 spiro atoms. The number of methoxy groups -OCH3 is 2. The third-order valence-electron chi connectivity index (χ3n) is 3.24. The fourth-order valence-corrected chi connectivity index (χ4v) is 3.81. The summed E-state index contributed by atoms with van der Waals surface area (Å²) < 4.78 is 11.3. The van der Waals surface area contributed by atoms with Crippen molar-refractivity contribution in [1.82, 2.24) is 10.2 Å². The first-order chi connectivity index (χ1) is 11.7. The summed E-state index contributed by atoms with van der Waals surface area (Å²) >= 11 is 3.16. The molecule has 0 radical (unpaired) electrons. The Morgan fingerprint density at radius 2 is 2.04 bits per heavy atom. The summed E-state index contributed by atoms with van der Waals surface area (Å²) in [6.07, 6.45) is 2.32. The molecule has 0 saturated heterocycles. The predicted molar refractivity (Wildman–Crippen MR) is 97.9 cm³/mol. The standard InChI is InChI=1S/C16H21N3O3S2/c1-4-5-8-23-16-19-18-15(24-16)17-10-12(20)11-6-7-13(21-2)14(9-11)22-3/h6-7,9H,4-5,8,10H2,1-3H3,(H,17,18). The molecule has 0 fully saturated rings. The molecule has 130 valence electrons. The van der Waals surface area contributed by atoms with Crippen LogP contribution >= 0.6 is 23.1 Å². The average Bonchev–Trinajstić information content (AvgIpc) is 3.07. The van der Waals surface area contributed by atoms with Crippen molar-refractivity contribution in [1.29, 1.82) is 0 Å². The lowest BCUT2D eigenvalue weighted by molar-refractivity contribution is 0.101. The van der Waals surface area contributed by atoms with E-state index < -0.39 is 0 Å². The van der Waals surface area contributed by atoms with Gasteiger partial charge in [-0.2, -0.15) is 0 Å². The lowest BCUT2D eigenvalue weighted by atomic mass is 10.1. The van der Waals surface area contributed by atoms with E-state index in [4.69, 9.17) is 9.47 Å². The lowest BCUT2D eigenvalue weighted by Gasteiger charge is -2.09. The first kappa shape index (κ1) is 18.5. The number of hydrogen-bond acceptors (Lipinski definition) is 8. The van der Waals surface area contributed by atoms with Crippen molar-refractivity contribution in [2.45, 2.75) is 24.1 Å². The summed E-state index contributed by atoms with van der Waals surface area (Å²) in [4.78, 5) is 12.3. The van der Waals surface area contributed by atoms with E-state index in [2.05, 4.69) is 22.4 Å². The van der Waals surface area contributed by atoms with Gasteiger partial charge in [-0.3, -0.25) is 4.79 Å². The SMILES string of the molecule is CCCCSc1nnc(NCC(=O)c2ccc(OC)c(OC)c2)s1. The highest BCUT2D eigenvalue weighted by molar-refractivity contribution is 8.01. The molecule has 0 aliphatic heterocycles. The van der Waals surface area contributed by atoms with Crippen LogP contribution in [0.5, 0.6) is 11.5 Å². The Labute approximate surface area is 150 Å². The second-order valence-corrected chi connectivity index (χ2v) is 7.24. The van der Waals surface area contributed by atoms with Crippen molar-refractivity contribution in [2.75, 3.05) is 31.8 Å². The zero-order chi connectivity index (χ0) is 17.4. The van der Waals surface area contributed by atoms with Crippen molar-refractivity contribution in [3.8, 4) is 11.5 Å². The summed E-state index contributed by atoms with van der Waals surface area (Å²) in [5.41, 5.74) is 0.558. The van der Waals surface area contributed by atoms with Gasteiger partial charge in [0.25, 0.3) is 0 Å². The quantitative estimate of drug-likeness (QED) is 0.389. The van der Waals surface area contributed by atoms with Crippen LogP contribution in [-0.4, -0.2) is 42.5 Å². The minimum atomic E-state index is -0.0497. The number of benzene rings is 1. The maximum atomic E-state index is 12.3. The molecule has 24 heavy (non-hydrogen) atoms. The van der Waals surface area contributed by atoms with Crippen LogP contribution in [0.25, 0.3) is 0 Å². The number of unbranched alkanes of at least 4 members (excludes halogenated alkanes) is 1. The van der Waals surface area contributed by atoms with Crippen LogP contribution < -0.4 is 14.8 Å². The van der Waals surface area contributed by atoms with Gasteiger partial charge < -0.3 is 14.8 Å². The molecule has 0 bridgehead atoms. The number of anilines is 1.